The Morgan fingerprint density at radius 3 is 2.50 bits per heavy atom. The van der Waals surface area contributed by atoms with Gasteiger partial charge in [-0.15, -0.1) is 0 Å². The van der Waals surface area contributed by atoms with Crippen molar-refractivity contribution < 1.29 is 13.7 Å². The molecule has 1 aromatic heterocycles. The zero-order valence-corrected chi connectivity index (χ0v) is 17.8. The number of aromatic nitrogens is 2. The smallest absolute Gasteiger partial charge is 0.257 e. The number of hydrogen-bond acceptors (Lipinski definition) is 4. The van der Waals surface area contributed by atoms with Crippen molar-refractivity contribution in [2.45, 2.75) is 40.5 Å². The maximum Gasteiger partial charge on any atom is 0.257 e. The number of nitrogens with zero attached hydrogens (tertiary/aromatic N) is 3. The van der Waals surface area contributed by atoms with Crippen molar-refractivity contribution in [1.82, 2.24) is 10.1 Å². The van der Waals surface area contributed by atoms with Gasteiger partial charge in [-0.05, 0) is 74.4 Å². The van der Waals surface area contributed by atoms with Gasteiger partial charge in [0.2, 0.25) is 5.91 Å². The molecule has 4 rings (SSSR count). The molecule has 1 aliphatic rings. The number of carbonyl (C=O) groups excluding carboxylic acids is 1. The van der Waals surface area contributed by atoms with E-state index in [-0.39, 0.29) is 23.6 Å². The normalized spacial score (nSPS) is 19.4. The zero-order valence-electron chi connectivity index (χ0n) is 17.8. The maximum absolute atomic E-state index is 14.2. The lowest BCUT2D eigenvalue weighted by molar-refractivity contribution is -0.124. The SMILES string of the molecule is Cc1noc(-c2cc(C)c(N3C[C@@H](Cc4ccccc4F)C[C@@H](C)C3=O)c(C)c2)n1. The predicted molar refractivity (Wildman–Crippen MR) is 114 cm³/mol. The Bertz CT molecular complexity index is 1070. The molecule has 2 heterocycles. The molecule has 0 aliphatic carbocycles. The first kappa shape index (κ1) is 20.3. The molecule has 0 bridgehead atoms. The second kappa shape index (κ2) is 8.01. The summed E-state index contributed by atoms with van der Waals surface area (Å²) in [6, 6.07) is 10.9. The third kappa shape index (κ3) is 3.86. The average Bonchev–Trinajstić information content (AvgIpc) is 3.13. The van der Waals surface area contributed by atoms with Gasteiger partial charge in [0.1, 0.15) is 5.82 Å². The quantitative estimate of drug-likeness (QED) is 0.608. The third-order valence-corrected chi connectivity index (χ3v) is 5.82. The van der Waals surface area contributed by atoms with Gasteiger partial charge in [-0.2, -0.15) is 4.98 Å². The molecule has 3 aromatic rings. The van der Waals surface area contributed by atoms with Crippen LogP contribution in [0.5, 0.6) is 0 Å². The monoisotopic (exact) mass is 407 g/mol. The summed E-state index contributed by atoms with van der Waals surface area (Å²) < 4.78 is 19.5. The highest BCUT2D eigenvalue weighted by molar-refractivity contribution is 5.97. The van der Waals surface area contributed by atoms with Crippen LogP contribution < -0.4 is 4.90 Å². The van der Waals surface area contributed by atoms with E-state index in [0.29, 0.717) is 30.2 Å². The predicted octanol–water partition coefficient (Wildman–Crippen LogP) is 5.03. The van der Waals surface area contributed by atoms with E-state index in [2.05, 4.69) is 10.1 Å². The van der Waals surface area contributed by atoms with Crippen molar-refractivity contribution in [3.8, 4) is 11.5 Å². The molecular formula is C24H26FN3O2. The average molecular weight is 407 g/mol. The second-order valence-corrected chi connectivity index (χ2v) is 8.35. The lowest BCUT2D eigenvalue weighted by atomic mass is 9.84. The minimum absolute atomic E-state index is 0.104. The molecule has 0 saturated carbocycles. The standard InChI is InChI=1S/C24H26FN3O2/c1-14-10-20(23-26-17(4)27-30-23)11-15(2)22(14)28-13-18(9-16(3)24(28)29)12-19-7-5-6-8-21(19)25/h5-8,10-11,16,18H,9,12-13H2,1-4H3/t16-,18-/m1/s1. The summed E-state index contributed by atoms with van der Waals surface area (Å²) in [6.07, 6.45) is 1.39. The largest absolute Gasteiger partial charge is 0.334 e. The van der Waals surface area contributed by atoms with Crippen LogP contribution in [-0.4, -0.2) is 22.6 Å². The summed E-state index contributed by atoms with van der Waals surface area (Å²) in [4.78, 5) is 19.3. The van der Waals surface area contributed by atoms with Crippen LogP contribution in [0.15, 0.2) is 40.9 Å². The van der Waals surface area contributed by atoms with Crippen LogP contribution in [0.4, 0.5) is 10.1 Å². The number of carbonyl (C=O) groups is 1. The van der Waals surface area contributed by atoms with Crippen molar-refractivity contribution in [3.05, 3.63) is 64.7 Å². The highest BCUT2D eigenvalue weighted by Gasteiger charge is 2.34. The van der Waals surface area contributed by atoms with E-state index in [1.165, 1.54) is 6.07 Å². The fourth-order valence-electron chi connectivity index (χ4n) is 4.53. The molecule has 2 aromatic carbocycles. The van der Waals surface area contributed by atoms with Crippen molar-refractivity contribution in [2.75, 3.05) is 11.4 Å². The van der Waals surface area contributed by atoms with E-state index in [9.17, 15) is 9.18 Å². The Morgan fingerprint density at radius 1 is 1.17 bits per heavy atom. The number of rotatable bonds is 4. The van der Waals surface area contributed by atoms with Crippen LogP contribution in [0, 0.1) is 38.4 Å². The molecule has 30 heavy (non-hydrogen) atoms. The van der Waals surface area contributed by atoms with E-state index in [1.807, 2.05) is 49.9 Å². The second-order valence-electron chi connectivity index (χ2n) is 8.35. The van der Waals surface area contributed by atoms with E-state index in [1.54, 1.807) is 13.0 Å². The van der Waals surface area contributed by atoms with Crippen LogP contribution in [-0.2, 0) is 11.2 Å². The number of hydrogen-bond donors (Lipinski definition) is 0. The number of halogens is 1. The van der Waals surface area contributed by atoms with Gasteiger partial charge in [0.05, 0.1) is 0 Å². The van der Waals surface area contributed by atoms with Crippen LogP contribution >= 0.6 is 0 Å². The van der Waals surface area contributed by atoms with Crippen molar-refractivity contribution in [1.29, 1.82) is 0 Å². The van der Waals surface area contributed by atoms with Crippen LogP contribution in [0.3, 0.4) is 0 Å². The molecule has 1 amide bonds. The molecule has 1 aliphatic heterocycles. The lowest BCUT2D eigenvalue weighted by Gasteiger charge is -2.38. The zero-order chi connectivity index (χ0) is 21.4. The van der Waals surface area contributed by atoms with Crippen LogP contribution in [0.25, 0.3) is 11.5 Å². The molecule has 1 fully saturated rings. The number of amides is 1. The van der Waals surface area contributed by atoms with E-state index in [0.717, 1.165) is 28.8 Å². The Hall–Kier alpha value is -3.02. The highest BCUT2D eigenvalue weighted by Crippen LogP contribution is 2.36. The summed E-state index contributed by atoms with van der Waals surface area (Å²) in [7, 11) is 0. The summed E-state index contributed by atoms with van der Waals surface area (Å²) in [5, 5.41) is 3.86. The number of piperidine rings is 1. The minimum atomic E-state index is -0.180. The van der Waals surface area contributed by atoms with E-state index < -0.39 is 0 Å². The molecule has 6 heteroatoms. The fourth-order valence-corrected chi connectivity index (χ4v) is 4.53. The first-order valence-electron chi connectivity index (χ1n) is 10.3. The Kier molecular flexibility index (Phi) is 5.41. The van der Waals surface area contributed by atoms with Gasteiger partial charge in [0.15, 0.2) is 5.82 Å². The van der Waals surface area contributed by atoms with Gasteiger partial charge < -0.3 is 9.42 Å². The Balaban J connectivity index is 1.64. The van der Waals surface area contributed by atoms with Crippen molar-refractivity contribution >= 4 is 11.6 Å². The fraction of sp³-hybridized carbons (Fsp3) is 0.375. The Morgan fingerprint density at radius 2 is 1.87 bits per heavy atom. The van der Waals surface area contributed by atoms with Gasteiger partial charge in [0, 0.05) is 23.7 Å². The van der Waals surface area contributed by atoms with E-state index in [4.69, 9.17) is 4.52 Å². The molecule has 0 radical (unpaired) electrons. The van der Waals surface area contributed by atoms with Crippen LogP contribution in [0.2, 0.25) is 0 Å². The van der Waals surface area contributed by atoms with Gasteiger partial charge in [-0.1, -0.05) is 30.3 Å². The van der Waals surface area contributed by atoms with E-state index >= 15 is 0 Å². The van der Waals surface area contributed by atoms with Crippen molar-refractivity contribution in [2.24, 2.45) is 11.8 Å². The molecule has 0 unspecified atom stereocenters. The molecule has 5 nitrogen and oxygen atoms in total. The van der Waals surface area contributed by atoms with Gasteiger partial charge >= 0.3 is 0 Å². The summed E-state index contributed by atoms with van der Waals surface area (Å²) in [6.45, 7) is 8.31. The van der Waals surface area contributed by atoms with Gasteiger partial charge in [-0.3, -0.25) is 4.79 Å². The van der Waals surface area contributed by atoms with Crippen molar-refractivity contribution in [3.63, 3.8) is 0 Å². The van der Waals surface area contributed by atoms with Gasteiger partial charge in [-0.25, -0.2) is 4.39 Å². The van der Waals surface area contributed by atoms with Gasteiger partial charge in [0.25, 0.3) is 5.89 Å². The molecule has 2 atom stereocenters. The number of aryl methyl sites for hydroxylation is 3. The number of anilines is 1. The topological polar surface area (TPSA) is 59.2 Å². The molecule has 1 saturated heterocycles. The Labute approximate surface area is 175 Å². The summed E-state index contributed by atoms with van der Waals surface area (Å²) in [5.41, 5.74) is 4.43. The molecule has 0 N–H and O–H groups in total. The first-order valence-corrected chi connectivity index (χ1v) is 10.3. The summed E-state index contributed by atoms with van der Waals surface area (Å²) >= 11 is 0. The molecule has 0 spiro atoms. The minimum Gasteiger partial charge on any atom is -0.334 e. The third-order valence-electron chi connectivity index (χ3n) is 5.82. The molecule has 156 valence electrons. The summed E-state index contributed by atoms with van der Waals surface area (Å²) in [5.74, 6) is 1.09. The highest BCUT2D eigenvalue weighted by atomic mass is 19.1. The van der Waals surface area contributed by atoms with Crippen LogP contribution in [0.1, 0.15) is 35.9 Å². The maximum atomic E-state index is 14.2. The molecular weight excluding hydrogens is 381 g/mol. The first-order chi connectivity index (χ1) is 14.3. The number of benzene rings is 2. The lowest BCUT2D eigenvalue weighted by Crippen LogP contribution is -2.46.